The highest BCUT2D eigenvalue weighted by molar-refractivity contribution is 5.87. The van der Waals surface area contributed by atoms with Crippen LogP contribution in [0, 0.1) is 11.3 Å². The summed E-state index contributed by atoms with van der Waals surface area (Å²) in [6, 6.07) is 20.3. The third-order valence-electron chi connectivity index (χ3n) is 4.99. The van der Waals surface area contributed by atoms with Crippen LogP contribution in [0.1, 0.15) is 5.69 Å². The van der Waals surface area contributed by atoms with Crippen molar-refractivity contribution in [2.75, 3.05) is 25.6 Å². The number of hydrogen-bond donors (Lipinski definition) is 3. The van der Waals surface area contributed by atoms with Crippen molar-refractivity contribution in [1.29, 1.82) is 5.53 Å². The highest BCUT2D eigenvalue weighted by atomic mass is 19.1. The van der Waals surface area contributed by atoms with Crippen LogP contribution in [0.3, 0.4) is 0 Å². The van der Waals surface area contributed by atoms with Crippen molar-refractivity contribution in [2.45, 2.75) is 0 Å². The van der Waals surface area contributed by atoms with Gasteiger partial charge in [-0.15, -0.1) is 0 Å². The zero-order valence-corrected chi connectivity index (χ0v) is 18.9. The number of pyridine rings is 1. The Morgan fingerprint density at radius 3 is 2.69 bits per heavy atom. The monoisotopic (exact) mass is 474 g/mol. The molecule has 0 amide bonds. The lowest BCUT2D eigenvalue weighted by molar-refractivity contribution is 0.146. The van der Waals surface area contributed by atoms with Crippen LogP contribution in [0.15, 0.2) is 84.1 Å². The van der Waals surface area contributed by atoms with Crippen molar-refractivity contribution < 1.29 is 23.7 Å². The number of aromatic nitrogens is 1. The smallest absolute Gasteiger partial charge is 0.166 e. The molecule has 0 bridgehead atoms. The van der Waals surface area contributed by atoms with Gasteiger partial charge in [0, 0.05) is 36.5 Å². The fourth-order valence-corrected chi connectivity index (χ4v) is 3.27. The first kappa shape index (κ1) is 23.7. The predicted octanol–water partition coefficient (Wildman–Crippen LogP) is 6.34. The Labute approximate surface area is 201 Å². The number of hydrogen-bond acceptors (Lipinski definition) is 8. The largest absolute Gasteiger partial charge is 0.505 e. The lowest BCUT2D eigenvalue weighted by Gasteiger charge is -2.11. The van der Waals surface area contributed by atoms with Gasteiger partial charge in [-0.25, -0.2) is 14.9 Å². The van der Waals surface area contributed by atoms with Crippen molar-refractivity contribution in [2.24, 2.45) is 5.11 Å². The van der Waals surface area contributed by atoms with E-state index in [-0.39, 0.29) is 5.70 Å². The molecule has 0 saturated carbocycles. The van der Waals surface area contributed by atoms with E-state index in [0.29, 0.717) is 47.4 Å². The highest BCUT2D eigenvalue weighted by Crippen LogP contribution is 2.32. The number of nitrogens with zero attached hydrogens (tertiary/aromatic N) is 2. The van der Waals surface area contributed by atoms with Crippen molar-refractivity contribution in [3.8, 4) is 23.0 Å². The fraction of sp³-hybridized carbons (Fsp3) is 0.115. The summed E-state index contributed by atoms with van der Waals surface area (Å²) in [5.41, 5.74) is 9.27. The lowest BCUT2D eigenvalue weighted by Crippen LogP contribution is -2.04. The van der Waals surface area contributed by atoms with Gasteiger partial charge in [0.25, 0.3) is 0 Å². The molecule has 0 spiro atoms. The second kappa shape index (κ2) is 11.1. The van der Waals surface area contributed by atoms with Crippen molar-refractivity contribution >= 4 is 22.3 Å². The number of phenols is 1. The van der Waals surface area contributed by atoms with Gasteiger partial charge in [-0.05, 0) is 48.5 Å². The van der Waals surface area contributed by atoms with E-state index in [2.05, 4.69) is 15.4 Å². The average Bonchev–Trinajstić information content (AvgIpc) is 2.87. The summed E-state index contributed by atoms with van der Waals surface area (Å²) in [7, 11) is 1.62. The van der Waals surface area contributed by atoms with E-state index >= 15 is 0 Å². The molecule has 4 rings (SSSR count). The number of ether oxygens (including phenoxy) is 3. The first-order valence-corrected chi connectivity index (χ1v) is 10.7. The summed E-state index contributed by atoms with van der Waals surface area (Å²) < 4.78 is 30.3. The van der Waals surface area contributed by atoms with E-state index in [1.807, 2.05) is 42.5 Å². The van der Waals surface area contributed by atoms with Gasteiger partial charge in [0.1, 0.15) is 29.6 Å². The number of fused-ring (bicyclic) bond motifs is 1. The predicted molar refractivity (Wildman–Crippen MR) is 130 cm³/mol. The maximum Gasteiger partial charge on any atom is 0.166 e. The van der Waals surface area contributed by atoms with Crippen LogP contribution in [0.2, 0.25) is 0 Å². The van der Waals surface area contributed by atoms with Gasteiger partial charge >= 0.3 is 0 Å². The van der Waals surface area contributed by atoms with Gasteiger partial charge in [-0.3, -0.25) is 0 Å². The maximum absolute atomic E-state index is 13.6. The summed E-state index contributed by atoms with van der Waals surface area (Å²) in [5.74, 6) is 0.707. The molecule has 3 aromatic carbocycles. The number of nitrogens with one attached hydrogen (secondary N) is 2. The second-order valence-corrected chi connectivity index (χ2v) is 7.39. The number of phenolic OH excluding ortho intramolecular Hbond substituents is 1. The average molecular weight is 474 g/mol. The number of methoxy groups -OCH3 is 1. The van der Waals surface area contributed by atoms with Crippen molar-refractivity contribution in [3.63, 3.8) is 0 Å². The molecule has 0 atom stereocenters. The van der Waals surface area contributed by atoms with Crippen LogP contribution < -0.4 is 14.8 Å². The Hall–Kier alpha value is -4.50. The summed E-state index contributed by atoms with van der Waals surface area (Å²) in [4.78, 5) is 4.61. The Kier molecular flexibility index (Phi) is 7.49. The minimum Gasteiger partial charge on any atom is -0.505 e. The van der Waals surface area contributed by atoms with Gasteiger partial charge < -0.3 is 24.6 Å². The molecule has 0 fully saturated rings. The molecule has 0 radical (unpaired) electrons. The minimum atomic E-state index is -0.754. The third-order valence-corrected chi connectivity index (χ3v) is 4.99. The quantitative estimate of drug-likeness (QED) is 0.141. The molecule has 9 heteroatoms. The molecule has 8 nitrogen and oxygen atoms in total. The Bertz CT molecular complexity index is 1380. The van der Waals surface area contributed by atoms with Crippen LogP contribution in [0.5, 0.6) is 23.0 Å². The second-order valence-electron chi connectivity index (χ2n) is 7.39. The van der Waals surface area contributed by atoms with E-state index in [0.717, 1.165) is 11.5 Å². The minimum absolute atomic E-state index is 0.243. The van der Waals surface area contributed by atoms with Crippen LogP contribution in [0.4, 0.5) is 10.1 Å². The lowest BCUT2D eigenvalue weighted by atomic mass is 10.1. The molecule has 35 heavy (non-hydrogen) atoms. The number of halogens is 1. The van der Waals surface area contributed by atoms with Crippen LogP contribution in [-0.2, 0) is 4.74 Å². The highest BCUT2D eigenvalue weighted by Gasteiger charge is 2.10. The Morgan fingerprint density at radius 2 is 1.89 bits per heavy atom. The van der Waals surface area contributed by atoms with Crippen molar-refractivity contribution in [1.82, 2.24) is 4.98 Å². The Balaban J connectivity index is 1.55. The standard InChI is InChI=1S/C26H23FN4O4/c1-33-12-13-34-18-4-2-5-19(15-18)35-26-7-3-6-22-20(26)9-10-23(30-22)24(31-28)16-29-17-8-11-25(32)21(27)14-17/h2-11,14-16,28-29,32H,12-13H2,1H3/b24-16-,31-28?. The zero-order chi connectivity index (χ0) is 24.6. The molecular formula is C26H23FN4O4. The summed E-state index contributed by atoms with van der Waals surface area (Å²) in [6.07, 6.45) is 1.45. The van der Waals surface area contributed by atoms with Gasteiger partial charge in [-0.1, -0.05) is 12.1 Å². The third kappa shape index (κ3) is 5.90. The molecule has 3 N–H and O–H groups in total. The first-order chi connectivity index (χ1) is 17.1. The molecule has 0 aliphatic carbocycles. The maximum atomic E-state index is 13.6. The van der Waals surface area contributed by atoms with E-state index < -0.39 is 11.6 Å². The molecular weight excluding hydrogens is 451 g/mol. The summed E-state index contributed by atoms with van der Waals surface area (Å²) in [5, 5.41) is 16.5. The van der Waals surface area contributed by atoms with E-state index in [1.165, 1.54) is 18.3 Å². The van der Waals surface area contributed by atoms with Gasteiger partial charge in [-0.2, -0.15) is 5.11 Å². The summed E-state index contributed by atoms with van der Waals surface area (Å²) in [6.45, 7) is 0.930. The number of rotatable bonds is 10. The fourth-order valence-electron chi connectivity index (χ4n) is 3.27. The number of aromatic hydroxyl groups is 1. The van der Waals surface area contributed by atoms with E-state index in [9.17, 15) is 9.50 Å². The normalized spacial score (nSPS) is 11.3. The SMILES string of the molecule is COCCOc1cccc(Oc2cccc3nc(/C(=C/Nc4ccc(O)c(F)c4)N=N)ccc23)c1. The van der Waals surface area contributed by atoms with E-state index in [4.69, 9.17) is 19.7 Å². The zero-order valence-electron chi connectivity index (χ0n) is 18.9. The molecule has 0 unspecified atom stereocenters. The van der Waals surface area contributed by atoms with Crippen LogP contribution in [0.25, 0.3) is 16.6 Å². The first-order valence-electron chi connectivity index (χ1n) is 10.7. The van der Waals surface area contributed by atoms with E-state index in [1.54, 1.807) is 19.2 Å². The van der Waals surface area contributed by atoms with Gasteiger partial charge in [0.05, 0.1) is 17.8 Å². The molecule has 4 aromatic rings. The molecule has 1 heterocycles. The number of benzene rings is 3. The molecule has 0 saturated heterocycles. The molecule has 0 aliphatic rings. The molecule has 178 valence electrons. The van der Waals surface area contributed by atoms with Gasteiger partial charge in [0.2, 0.25) is 0 Å². The Morgan fingerprint density at radius 1 is 1.06 bits per heavy atom. The van der Waals surface area contributed by atoms with Crippen molar-refractivity contribution in [3.05, 3.63) is 90.5 Å². The molecule has 1 aromatic heterocycles. The van der Waals surface area contributed by atoms with Gasteiger partial charge in [0.15, 0.2) is 11.6 Å². The topological polar surface area (TPSA) is 109 Å². The van der Waals surface area contributed by atoms with Crippen LogP contribution >= 0.6 is 0 Å². The van der Waals surface area contributed by atoms with Crippen LogP contribution in [-0.4, -0.2) is 30.4 Å². The number of anilines is 1. The summed E-state index contributed by atoms with van der Waals surface area (Å²) >= 11 is 0. The molecule has 0 aliphatic heterocycles.